The standard InChI is InChI=1S/C17H25NOS/c1-4-13-9-16(20-11(13)3)17(19)18-10(2)15-8-12-5-6-14(15)7-12/h9-10,12,14-15H,4-8H2,1-3H3,(H,18,19). The molecule has 1 heterocycles. The molecule has 2 fully saturated rings. The Bertz CT molecular complexity index is 507. The molecule has 0 aliphatic heterocycles. The van der Waals surface area contributed by atoms with Crippen LogP contribution in [0.4, 0.5) is 0 Å². The van der Waals surface area contributed by atoms with Crippen molar-refractivity contribution in [3.8, 4) is 0 Å². The molecule has 3 heteroatoms. The molecule has 0 aromatic carbocycles. The predicted octanol–water partition coefficient (Wildman–Crippen LogP) is 4.17. The van der Waals surface area contributed by atoms with E-state index in [1.807, 2.05) is 0 Å². The maximum Gasteiger partial charge on any atom is 0.261 e. The Hall–Kier alpha value is -0.830. The smallest absolute Gasteiger partial charge is 0.261 e. The minimum Gasteiger partial charge on any atom is -0.349 e. The van der Waals surface area contributed by atoms with Gasteiger partial charge in [0.15, 0.2) is 0 Å². The maximum absolute atomic E-state index is 12.4. The van der Waals surface area contributed by atoms with E-state index >= 15 is 0 Å². The van der Waals surface area contributed by atoms with E-state index in [4.69, 9.17) is 0 Å². The van der Waals surface area contributed by atoms with Crippen molar-refractivity contribution in [2.45, 2.75) is 58.9 Å². The van der Waals surface area contributed by atoms with Gasteiger partial charge in [0, 0.05) is 10.9 Å². The van der Waals surface area contributed by atoms with E-state index in [1.165, 1.54) is 36.1 Å². The summed E-state index contributed by atoms with van der Waals surface area (Å²) in [6, 6.07) is 2.40. The highest BCUT2D eigenvalue weighted by Gasteiger charge is 2.42. The molecule has 2 nitrogen and oxygen atoms in total. The zero-order valence-electron chi connectivity index (χ0n) is 12.7. The van der Waals surface area contributed by atoms with E-state index in [2.05, 4.69) is 32.2 Å². The molecular formula is C17H25NOS. The van der Waals surface area contributed by atoms with Gasteiger partial charge in [0.2, 0.25) is 0 Å². The molecule has 0 saturated heterocycles. The molecule has 0 spiro atoms. The highest BCUT2D eigenvalue weighted by molar-refractivity contribution is 7.14. The Kier molecular flexibility index (Phi) is 3.89. The van der Waals surface area contributed by atoms with Gasteiger partial charge in [-0.15, -0.1) is 11.3 Å². The van der Waals surface area contributed by atoms with E-state index in [0.717, 1.165) is 23.1 Å². The molecule has 20 heavy (non-hydrogen) atoms. The number of hydrogen-bond donors (Lipinski definition) is 1. The van der Waals surface area contributed by atoms with Crippen molar-refractivity contribution in [3.63, 3.8) is 0 Å². The average Bonchev–Trinajstić information content (AvgIpc) is 3.12. The van der Waals surface area contributed by atoms with Crippen LogP contribution in [0.2, 0.25) is 0 Å². The maximum atomic E-state index is 12.4. The summed E-state index contributed by atoms with van der Waals surface area (Å²) in [4.78, 5) is 14.6. The van der Waals surface area contributed by atoms with Gasteiger partial charge in [-0.3, -0.25) is 4.79 Å². The number of hydrogen-bond acceptors (Lipinski definition) is 2. The molecule has 0 radical (unpaired) electrons. The van der Waals surface area contributed by atoms with Crippen LogP contribution in [0.1, 0.15) is 59.6 Å². The first-order chi connectivity index (χ1) is 9.58. The van der Waals surface area contributed by atoms with Crippen molar-refractivity contribution >= 4 is 17.2 Å². The number of rotatable bonds is 4. The third-order valence-electron chi connectivity index (χ3n) is 5.42. The zero-order valence-corrected chi connectivity index (χ0v) is 13.6. The van der Waals surface area contributed by atoms with Crippen LogP contribution >= 0.6 is 11.3 Å². The Labute approximate surface area is 126 Å². The van der Waals surface area contributed by atoms with Crippen molar-refractivity contribution in [3.05, 3.63) is 21.4 Å². The monoisotopic (exact) mass is 291 g/mol. The second-order valence-corrected chi connectivity index (χ2v) is 7.90. The second-order valence-electron chi connectivity index (χ2n) is 6.65. The van der Waals surface area contributed by atoms with Crippen LogP contribution in [0.3, 0.4) is 0 Å². The number of amides is 1. The molecule has 4 unspecified atom stereocenters. The summed E-state index contributed by atoms with van der Waals surface area (Å²) in [5, 5.41) is 3.26. The average molecular weight is 291 g/mol. The van der Waals surface area contributed by atoms with Crippen molar-refractivity contribution in [2.75, 3.05) is 0 Å². The van der Waals surface area contributed by atoms with Gasteiger partial charge < -0.3 is 5.32 Å². The summed E-state index contributed by atoms with van der Waals surface area (Å²) < 4.78 is 0. The van der Waals surface area contributed by atoms with E-state index in [0.29, 0.717) is 12.0 Å². The van der Waals surface area contributed by atoms with Crippen LogP contribution < -0.4 is 5.32 Å². The molecule has 2 aliphatic rings. The number of aryl methyl sites for hydroxylation is 2. The van der Waals surface area contributed by atoms with Crippen LogP contribution in [-0.4, -0.2) is 11.9 Å². The second kappa shape index (κ2) is 5.51. The van der Waals surface area contributed by atoms with Crippen LogP contribution in [0.25, 0.3) is 0 Å². The van der Waals surface area contributed by atoms with Crippen molar-refractivity contribution in [2.24, 2.45) is 17.8 Å². The zero-order chi connectivity index (χ0) is 14.3. The predicted molar refractivity (Wildman–Crippen MR) is 84.3 cm³/mol. The van der Waals surface area contributed by atoms with Gasteiger partial charge in [0.05, 0.1) is 4.88 Å². The minimum absolute atomic E-state index is 0.132. The molecule has 1 amide bonds. The summed E-state index contributed by atoms with van der Waals surface area (Å²) in [5.41, 5.74) is 1.31. The van der Waals surface area contributed by atoms with Crippen molar-refractivity contribution < 1.29 is 4.79 Å². The molecule has 1 aromatic rings. The molecule has 2 bridgehead atoms. The third kappa shape index (κ3) is 2.52. The van der Waals surface area contributed by atoms with E-state index < -0.39 is 0 Å². The van der Waals surface area contributed by atoms with Crippen LogP contribution in [0.5, 0.6) is 0 Å². The fourth-order valence-corrected chi connectivity index (χ4v) is 5.29. The van der Waals surface area contributed by atoms with Gasteiger partial charge in [-0.05, 0) is 68.9 Å². The Morgan fingerprint density at radius 2 is 2.25 bits per heavy atom. The van der Waals surface area contributed by atoms with Gasteiger partial charge in [0.25, 0.3) is 5.91 Å². The molecule has 3 rings (SSSR count). The lowest BCUT2D eigenvalue weighted by Gasteiger charge is -2.28. The number of fused-ring (bicyclic) bond motifs is 2. The fourth-order valence-electron chi connectivity index (χ4n) is 4.27. The van der Waals surface area contributed by atoms with E-state index in [9.17, 15) is 4.79 Å². The van der Waals surface area contributed by atoms with Gasteiger partial charge in [-0.25, -0.2) is 0 Å². The SMILES string of the molecule is CCc1cc(C(=O)NC(C)C2CC3CCC2C3)sc1C. The normalized spacial score (nSPS) is 29.6. The van der Waals surface area contributed by atoms with Gasteiger partial charge in [-0.1, -0.05) is 13.3 Å². The summed E-state index contributed by atoms with van der Waals surface area (Å²) in [5.74, 6) is 2.66. The van der Waals surface area contributed by atoms with Crippen LogP contribution in [-0.2, 0) is 6.42 Å². The Morgan fingerprint density at radius 1 is 1.45 bits per heavy atom. The van der Waals surface area contributed by atoms with Crippen molar-refractivity contribution in [1.29, 1.82) is 0 Å². The number of carbonyl (C=O) groups excluding carboxylic acids is 1. The molecule has 2 aliphatic carbocycles. The topological polar surface area (TPSA) is 29.1 Å². The first-order valence-electron chi connectivity index (χ1n) is 7.98. The summed E-state index contributed by atoms with van der Waals surface area (Å²) >= 11 is 1.63. The lowest BCUT2D eigenvalue weighted by Crippen LogP contribution is -2.39. The van der Waals surface area contributed by atoms with Gasteiger partial charge in [-0.2, -0.15) is 0 Å². The summed E-state index contributed by atoms with van der Waals surface area (Å²) in [6.07, 6.45) is 6.55. The van der Waals surface area contributed by atoms with Crippen molar-refractivity contribution in [1.82, 2.24) is 5.32 Å². The molecule has 4 atom stereocenters. The number of thiophene rings is 1. The first kappa shape index (κ1) is 14.1. The molecule has 110 valence electrons. The van der Waals surface area contributed by atoms with Crippen LogP contribution in [0, 0.1) is 24.7 Å². The first-order valence-corrected chi connectivity index (χ1v) is 8.80. The molecule has 1 N–H and O–H groups in total. The van der Waals surface area contributed by atoms with Gasteiger partial charge in [0.1, 0.15) is 0 Å². The quantitative estimate of drug-likeness (QED) is 0.886. The Morgan fingerprint density at radius 3 is 2.80 bits per heavy atom. The summed E-state index contributed by atoms with van der Waals surface area (Å²) in [7, 11) is 0. The van der Waals surface area contributed by atoms with Gasteiger partial charge >= 0.3 is 0 Å². The Balaban J connectivity index is 1.63. The summed E-state index contributed by atoms with van der Waals surface area (Å²) in [6.45, 7) is 6.46. The molecular weight excluding hydrogens is 266 g/mol. The fraction of sp³-hybridized carbons (Fsp3) is 0.706. The van der Waals surface area contributed by atoms with E-state index in [-0.39, 0.29) is 5.91 Å². The number of nitrogens with one attached hydrogen (secondary N) is 1. The highest BCUT2D eigenvalue weighted by atomic mass is 32.1. The van der Waals surface area contributed by atoms with E-state index in [1.54, 1.807) is 11.3 Å². The number of carbonyl (C=O) groups is 1. The molecule has 2 saturated carbocycles. The lowest BCUT2D eigenvalue weighted by atomic mass is 9.84. The lowest BCUT2D eigenvalue weighted by molar-refractivity contribution is 0.0919. The van der Waals surface area contributed by atoms with Crippen LogP contribution in [0.15, 0.2) is 6.07 Å². The highest BCUT2D eigenvalue weighted by Crippen LogP contribution is 2.49. The molecule has 1 aromatic heterocycles. The largest absolute Gasteiger partial charge is 0.349 e. The minimum atomic E-state index is 0.132. The third-order valence-corrected chi connectivity index (χ3v) is 6.51.